The fourth-order valence-electron chi connectivity index (χ4n) is 3.14. The van der Waals surface area contributed by atoms with Crippen molar-refractivity contribution in [1.29, 1.82) is 0 Å². The van der Waals surface area contributed by atoms with Crippen molar-refractivity contribution in [3.63, 3.8) is 0 Å². The zero-order valence-electron chi connectivity index (χ0n) is 16.0. The van der Waals surface area contributed by atoms with Crippen molar-refractivity contribution in [2.24, 2.45) is 0 Å². The number of nitrogens with one attached hydrogen (secondary N) is 2. The predicted octanol–water partition coefficient (Wildman–Crippen LogP) is 2.98. The Bertz CT molecular complexity index is 974. The summed E-state index contributed by atoms with van der Waals surface area (Å²) in [5, 5.41) is 14.3. The molecular weight excluding hydrogens is 340 g/mol. The summed E-state index contributed by atoms with van der Waals surface area (Å²) in [5.74, 6) is 0.817. The molecule has 0 saturated heterocycles. The second-order valence-electron chi connectivity index (χ2n) is 7.03. The molecule has 1 aromatic heterocycles. The Morgan fingerprint density at radius 1 is 1.11 bits per heavy atom. The average Bonchev–Trinajstić information content (AvgIpc) is 2.62. The van der Waals surface area contributed by atoms with Gasteiger partial charge in [0.2, 0.25) is 0 Å². The van der Waals surface area contributed by atoms with Crippen LogP contribution in [0.4, 0.5) is 0 Å². The van der Waals surface area contributed by atoms with Gasteiger partial charge in [-0.15, -0.1) is 0 Å². The molecule has 0 fully saturated rings. The monoisotopic (exact) mass is 366 g/mol. The van der Waals surface area contributed by atoms with E-state index in [1.165, 1.54) is 0 Å². The van der Waals surface area contributed by atoms with E-state index in [0.717, 1.165) is 33.3 Å². The summed E-state index contributed by atoms with van der Waals surface area (Å²) in [5.41, 5.74) is 4.61. The lowest BCUT2D eigenvalue weighted by molar-refractivity contribution is 0.105. The molecule has 0 amide bonds. The van der Waals surface area contributed by atoms with E-state index in [1.54, 1.807) is 0 Å². The van der Waals surface area contributed by atoms with Gasteiger partial charge in [0.05, 0.1) is 0 Å². The Kier molecular flexibility index (Phi) is 5.94. The van der Waals surface area contributed by atoms with E-state index in [1.807, 2.05) is 63.2 Å². The van der Waals surface area contributed by atoms with Crippen LogP contribution in [0, 0.1) is 20.8 Å². The maximum absolute atomic E-state index is 12.2. The van der Waals surface area contributed by atoms with Gasteiger partial charge < -0.3 is 20.1 Å². The third-order valence-electron chi connectivity index (χ3n) is 4.60. The van der Waals surface area contributed by atoms with Crippen LogP contribution in [0.15, 0.2) is 47.3 Å². The maximum Gasteiger partial charge on any atom is 0.252 e. The Balaban J connectivity index is 1.55. The van der Waals surface area contributed by atoms with E-state index >= 15 is 0 Å². The number of fused-ring (bicyclic) bond motifs is 1. The van der Waals surface area contributed by atoms with E-state index in [9.17, 15) is 9.90 Å². The molecule has 0 spiro atoms. The molecule has 0 unspecified atom stereocenters. The molecule has 0 saturated carbocycles. The van der Waals surface area contributed by atoms with Crippen molar-refractivity contribution in [2.45, 2.75) is 33.4 Å². The largest absolute Gasteiger partial charge is 0.490 e. The van der Waals surface area contributed by atoms with Gasteiger partial charge in [-0.25, -0.2) is 0 Å². The van der Waals surface area contributed by atoms with Crippen molar-refractivity contribution in [3.05, 3.63) is 75.1 Å². The van der Waals surface area contributed by atoms with Crippen LogP contribution in [-0.4, -0.2) is 29.3 Å². The Hall–Kier alpha value is -2.63. The molecule has 0 aliphatic rings. The summed E-state index contributed by atoms with van der Waals surface area (Å²) in [6.07, 6.45) is -0.661. The molecule has 142 valence electrons. The molecule has 3 aromatic rings. The molecule has 3 rings (SSSR count). The summed E-state index contributed by atoms with van der Waals surface area (Å²) in [6.45, 7) is 6.93. The van der Waals surface area contributed by atoms with Crippen molar-refractivity contribution < 1.29 is 9.84 Å². The van der Waals surface area contributed by atoms with Gasteiger partial charge in [0, 0.05) is 24.2 Å². The number of aliphatic hydroxyl groups is 1. The first-order valence-electron chi connectivity index (χ1n) is 9.14. The van der Waals surface area contributed by atoms with Gasteiger partial charge in [0.1, 0.15) is 18.5 Å². The lowest BCUT2D eigenvalue weighted by Gasteiger charge is -2.16. The quantitative estimate of drug-likeness (QED) is 0.601. The van der Waals surface area contributed by atoms with Crippen LogP contribution in [0.25, 0.3) is 10.9 Å². The maximum atomic E-state index is 12.2. The highest BCUT2D eigenvalue weighted by Gasteiger charge is 2.09. The zero-order chi connectivity index (χ0) is 19.4. The first-order chi connectivity index (χ1) is 12.9. The molecule has 0 radical (unpaired) electrons. The van der Waals surface area contributed by atoms with Gasteiger partial charge in [-0.3, -0.25) is 4.79 Å². The van der Waals surface area contributed by atoms with E-state index in [2.05, 4.69) is 10.3 Å². The Labute approximate surface area is 159 Å². The SMILES string of the molecule is Cc1ccc2[nH]c(=O)c(CNC[C@H](O)COc3c(C)cccc3C)cc2c1. The van der Waals surface area contributed by atoms with Crippen LogP contribution < -0.4 is 15.6 Å². The third-order valence-corrected chi connectivity index (χ3v) is 4.60. The number of H-pyrrole nitrogens is 1. The Morgan fingerprint density at radius 2 is 1.85 bits per heavy atom. The van der Waals surface area contributed by atoms with Crippen LogP contribution in [-0.2, 0) is 6.54 Å². The number of rotatable bonds is 7. The predicted molar refractivity (Wildman–Crippen MR) is 108 cm³/mol. The van der Waals surface area contributed by atoms with E-state index in [4.69, 9.17) is 4.74 Å². The van der Waals surface area contributed by atoms with E-state index in [0.29, 0.717) is 18.7 Å². The van der Waals surface area contributed by atoms with Gasteiger partial charge in [0.25, 0.3) is 5.56 Å². The molecule has 0 bridgehead atoms. The number of pyridine rings is 1. The fourth-order valence-corrected chi connectivity index (χ4v) is 3.14. The number of benzene rings is 2. The van der Waals surface area contributed by atoms with Crippen LogP contribution in [0.2, 0.25) is 0 Å². The van der Waals surface area contributed by atoms with Crippen molar-refractivity contribution in [1.82, 2.24) is 10.3 Å². The van der Waals surface area contributed by atoms with Gasteiger partial charge in [-0.2, -0.15) is 0 Å². The lowest BCUT2D eigenvalue weighted by atomic mass is 10.1. The molecule has 0 aliphatic carbocycles. The van der Waals surface area contributed by atoms with Gasteiger partial charge >= 0.3 is 0 Å². The van der Waals surface area contributed by atoms with Crippen molar-refractivity contribution in [2.75, 3.05) is 13.2 Å². The summed E-state index contributed by atoms with van der Waals surface area (Å²) in [4.78, 5) is 15.1. The molecular formula is C22H26N2O3. The minimum Gasteiger partial charge on any atom is -0.490 e. The summed E-state index contributed by atoms with van der Waals surface area (Å²) in [6, 6.07) is 13.8. The first-order valence-corrected chi connectivity index (χ1v) is 9.14. The number of aryl methyl sites for hydroxylation is 3. The minimum absolute atomic E-state index is 0.111. The van der Waals surface area contributed by atoms with Crippen LogP contribution in [0.1, 0.15) is 22.3 Å². The molecule has 5 nitrogen and oxygen atoms in total. The minimum atomic E-state index is -0.661. The third kappa shape index (κ3) is 4.76. The normalized spacial score (nSPS) is 12.3. The average molecular weight is 366 g/mol. The zero-order valence-corrected chi connectivity index (χ0v) is 16.0. The number of ether oxygens (including phenoxy) is 1. The molecule has 27 heavy (non-hydrogen) atoms. The number of hydrogen-bond donors (Lipinski definition) is 3. The second-order valence-corrected chi connectivity index (χ2v) is 7.03. The number of aromatic nitrogens is 1. The van der Waals surface area contributed by atoms with Gasteiger partial charge in [-0.1, -0.05) is 29.8 Å². The fraction of sp³-hybridized carbons (Fsp3) is 0.318. The summed E-state index contributed by atoms with van der Waals surface area (Å²) in [7, 11) is 0. The molecule has 2 aromatic carbocycles. The van der Waals surface area contributed by atoms with Crippen molar-refractivity contribution in [3.8, 4) is 5.75 Å². The molecule has 1 atom stereocenters. The topological polar surface area (TPSA) is 74.4 Å². The highest BCUT2D eigenvalue weighted by atomic mass is 16.5. The number of aliphatic hydroxyl groups excluding tert-OH is 1. The van der Waals surface area contributed by atoms with E-state index < -0.39 is 6.10 Å². The lowest BCUT2D eigenvalue weighted by Crippen LogP contribution is -2.32. The van der Waals surface area contributed by atoms with Crippen LogP contribution >= 0.6 is 0 Å². The highest BCUT2D eigenvalue weighted by Crippen LogP contribution is 2.22. The number of aromatic amines is 1. The van der Waals surface area contributed by atoms with Gasteiger partial charge in [0.15, 0.2) is 0 Å². The summed E-state index contributed by atoms with van der Waals surface area (Å²) < 4.78 is 5.77. The smallest absolute Gasteiger partial charge is 0.252 e. The van der Waals surface area contributed by atoms with Crippen molar-refractivity contribution >= 4 is 10.9 Å². The van der Waals surface area contributed by atoms with Gasteiger partial charge in [-0.05, 0) is 55.5 Å². The molecule has 1 heterocycles. The summed E-state index contributed by atoms with van der Waals surface area (Å²) >= 11 is 0. The molecule has 0 aliphatic heterocycles. The molecule has 5 heteroatoms. The number of hydrogen-bond acceptors (Lipinski definition) is 4. The molecule has 3 N–H and O–H groups in total. The standard InChI is InChI=1S/C22H26N2O3/c1-14-7-8-20-17(9-14)10-18(22(26)24-20)11-23-12-19(25)13-27-21-15(2)5-4-6-16(21)3/h4-10,19,23,25H,11-13H2,1-3H3,(H,24,26)/t19-/m0/s1. The highest BCUT2D eigenvalue weighted by molar-refractivity contribution is 5.79. The number of para-hydroxylation sites is 1. The van der Waals surface area contributed by atoms with Crippen LogP contribution in [0.3, 0.4) is 0 Å². The van der Waals surface area contributed by atoms with E-state index in [-0.39, 0.29) is 12.2 Å². The first kappa shape index (κ1) is 19.1. The van der Waals surface area contributed by atoms with Crippen LogP contribution in [0.5, 0.6) is 5.75 Å². The Morgan fingerprint density at radius 3 is 2.59 bits per heavy atom. The second kappa shape index (κ2) is 8.37.